The van der Waals surface area contributed by atoms with Crippen molar-refractivity contribution in [3.8, 4) is 0 Å². The van der Waals surface area contributed by atoms with Crippen LogP contribution in [0, 0.1) is 5.92 Å². The van der Waals surface area contributed by atoms with Gasteiger partial charge in [-0.2, -0.15) is 0 Å². The molecule has 0 saturated heterocycles. The molecular formula is C25H32ClN5OS. The van der Waals surface area contributed by atoms with Gasteiger partial charge in [0, 0.05) is 30.7 Å². The van der Waals surface area contributed by atoms with Crippen molar-refractivity contribution in [2.75, 3.05) is 23.3 Å². The van der Waals surface area contributed by atoms with Gasteiger partial charge in [0.15, 0.2) is 0 Å². The number of thiazole rings is 1. The lowest BCUT2D eigenvalue weighted by atomic mass is 9.98. The lowest BCUT2D eigenvalue weighted by Crippen LogP contribution is -2.29. The van der Waals surface area contributed by atoms with E-state index in [-0.39, 0.29) is 5.91 Å². The zero-order chi connectivity index (χ0) is 23.8. The molecule has 1 heterocycles. The van der Waals surface area contributed by atoms with E-state index in [0.29, 0.717) is 27.4 Å². The average Bonchev–Trinajstić information content (AvgIpc) is 3.20. The van der Waals surface area contributed by atoms with Gasteiger partial charge in [-0.15, -0.1) is 10.2 Å². The predicted octanol–water partition coefficient (Wildman–Crippen LogP) is 8.37. The SMILES string of the molecule is CCCCC(CC)CN(CC)c1ccc(/N=N/c2nc3ccc(Cl)cc3s2)c(NC(C)=O)c1. The Hall–Kier alpha value is -2.51. The number of benzene rings is 2. The summed E-state index contributed by atoms with van der Waals surface area (Å²) in [6, 6.07) is 11.5. The first-order valence-electron chi connectivity index (χ1n) is 11.6. The maximum Gasteiger partial charge on any atom is 0.231 e. The molecule has 176 valence electrons. The molecule has 6 nitrogen and oxygen atoms in total. The number of carbonyl (C=O) groups excluding carboxylic acids is 1. The molecule has 1 atom stereocenters. The van der Waals surface area contributed by atoms with Gasteiger partial charge in [-0.25, -0.2) is 4.98 Å². The first-order valence-corrected chi connectivity index (χ1v) is 12.8. The summed E-state index contributed by atoms with van der Waals surface area (Å²) in [5, 5.41) is 12.8. The van der Waals surface area contributed by atoms with Crippen LogP contribution in [0.1, 0.15) is 53.4 Å². The smallest absolute Gasteiger partial charge is 0.231 e. The molecular weight excluding hydrogens is 454 g/mol. The van der Waals surface area contributed by atoms with E-state index in [0.717, 1.165) is 35.4 Å². The Morgan fingerprint density at radius 2 is 2.00 bits per heavy atom. The van der Waals surface area contributed by atoms with Gasteiger partial charge in [0.1, 0.15) is 5.69 Å². The standard InChI is InChI=1S/C25H32ClN5OS/c1-5-8-9-18(6-2)16-31(7-3)20-11-13-21(23(15-20)27-17(4)32)29-30-25-28-22-12-10-19(26)14-24(22)33-25/h10-15,18H,5-9,16H2,1-4H3,(H,27,32)/b30-29+. The number of nitrogens with zero attached hydrogens (tertiary/aromatic N) is 4. The molecule has 0 radical (unpaired) electrons. The summed E-state index contributed by atoms with van der Waals surface area (Å²) in [6.45, 7) is 10.1. The molecule has 0 saturated carbocycles. The fraction of sp³-hybridized carbons (Fsp3) is 0.440. The van der Waals surface area contributed by atoms with Crippen LogP contribution in [0.2, 0.25) is 5.02 Å². The zero-order valence-corrected chi connectivity index (χ0v) is 21.3. The fourth-order valence-electron chi connectivity index (χ4n) is 3.77. The number of rotatable bonds is 11. The van der Waals surface area contributed by atoms with E-state index in [1.54, 1.807) is 0 Å². The number of halogens is 1. The molecule has 0 spiro atoms. The molecule has 0 fully saturated rings. The Morgan fingerprint density at radius 3 is 2.70 bits per heavy atom. The van der Waals surface area contributed by atoms with Gasteiger partial charge in [0.05, 0.1) is 15.9 Å². The minimum Gasteiger partial charge on any atom is -0.371 e. The van der Waals surface area contributed by atoms with Gasteiger partial charge >= 0.3 is 0 Å². The number of hydrogen-bond donors (Lipinski definition) is 1. The third-order valence-corrected chi connectivity index (χ3v) is 6.78. The fourth-order valence-corrected chi connectivity index (χ4v) is 4.83. The third kappa shape index (κ3) is 6.98. The highest BCUT2D eigenvalue weighted by molar-refractivity contribution is 7.21. The van der Waals surface area contributed by atoms with E-state index in [9.17, 15) is 4.79 Å². The summed E-state index contributed by atoms with van der Waals surface area (Å²) >= 11 is 7.49. The second-order valence-electron chi connectivity index (χ2n) is 8.15. The summed E-state index contributed by atoms with van der Waals surface area (Å²) in [4.78, 5) is 18.7. The highest BCUT2D eigenvalue weighted by Gasteiger charge is 2.15. The molecule has 3 rings (SSSR count). The molecule has 0 bridgehead atoms. The zero-order valence-electron chi connectivity index (χ0n) is 19.8. The van der Waals surface area contributed by atoms with Crippen molar-refractivity contribution < 1.29 is 4.79 Å². The Balaban J connectivity index is 1.85. The minimum atomic E-state index is -0.143. The van der Waals surface area contributed by atoms with E-state index in [1.165, 1.54) is 37.5 Å². The van der Waals surface area contributed by atoms with Gasteiger partial charge in [-0.1, -0.05) is 56.0 Å². The van der Waals surface area contributed by atoms with Gasteiger partial charge in [0.25, 0.3) is 0 Å². The topological polar surface area (TPSA) is 70.0 Å². The van der Waals surface area contributed by atoms with Crippen LogP contribution in [0.4, 0.5) is 22.2 Å². The molecule has 0 aliphatic heterocycles. The largest absolute Gasteiger partial charge is 0.371 e. The van der Waals surface area contributed by atoms with E-state index in [4.69, 9.17) is 11.6 Å². The number of unbranched alkanes of at least 4 members (excludes halogenated alkanes) is 1. The molecule has 8 heteroatoms. The van der Waals surface area contributed by atoms with Crippen molar-refractivity contribution in [3.05, 3.63) is 41.4 Å². The molecule has 1 amide bonds. The highest BCUT2D eigenvalue weighted by Crippen LogP contribution is 2.35. The van der Waals surface area contributed by atoms with Crippen LogP contribution in [0.25, 0.3) is 10.2 Å². The first kappa shape index (κ1) is 25.1. The normalized spacial score (nSPS) is 12.4. The summed E-state index contributed by atoms with van der Waals surface area (Å²) in [7, 11) is 0. The van der Waals surface area contributed by atoms with Crippen LogP contribution in [0.15, 0.2) is 46.6 Å². The number of hydrogen-bond acceptors (Lipinski definition) is 6. The Labute approximate surface area is 205 Å². The number of amides is 1. The second kappa shape index (κ2) is 12.1. The number of fused-ring (bicyclic) bond motifs is 1. The van der Waals surface area contributed by atoms with Crippen molar-refractivity contribution in [1.29, 1.82) is 0 Å². The quantitative estimate of drug-likeness (QED) is 0.277. The molecule has 1 unspecified atom stereocenters. The molecule has 0 aliphatic rings. The predicted molar refractivity (Wildman–Crippen MR) is 141 cm³/mol. The maximum atomic E-state index is 11.9. The average molecular weight is 486 g/mol. The Morgan fingerprint density at radius 1 is 1.18 bits per heavy atom. The van der Waals surface area contributed by atoms with E-state index >= 15 is 0 Å². The van der Waals surface area contributed by atoms with Crippen LogP contribution in [0.5, 0.6) is 0 Å². The second-order valence-corrected chi connectivity index (χ2v) is 9.59. The van der Waals surface area contributed by atoms with Crippen LogP contribution in [0.3, 0.4) is 0 Å². The number of nitrogens with one attached hydrogen (secondary N) is 1. The summed E-state index contributed by atoms with van der Waals surface area (Å²) in [5.41, 5.74) is 3.15. The molecule has 1 aromatic heterocycles. The van der Waals surface area contributed by atoms with Gasteiger partial charge < -0.3 is 10.2 Å². The Bertz CT molecular complexity index is 1110. The van der Waals surface area contributed by atoms with Crippen molar-refractivity contribution in [1.82, 2.24) is 4.98 Å². The number of carbonyl (C=O) groups is 1. The third-order valence-electron chi connectivity index (χ3n) is 5.64. The summed E-state index contributed by atoms with van der Waals surface area (Å²) < 4.78 is 0.959. The molecule has 2 aromatic carbocycles. The van der Waals surface area contributed by atoms with E-state index in [2.05, 4.69) is 46.2 Å². The lowest BCUT2D eigenvalue weighted by Gasteiger charge is -2.28. The molecule has 3 aromatic rings. The van der Waals surface area contributed by atoms with Gasteiger partial charge in [-0.3, -0.25) is 4.79 Å². The van der Waals surface area contributed by atoms with Crippen molar-refractivity contribution in [3.63, 3.8) is 0 Å². The number of anilines is 2. The molecule has 1 N–H and O–H groups in total. The van der Waals surface area contributed by atoms with Crippen LogP contribution in [-0.2, 0) is 4.79 Å². The molecule has 33 heavy (non-hydrogen) atoms. The maximum absolute atomic E-state index is 11.9. The van der Waals surface area contributed by atoms with Crippen LogP contribution < -0.4 is 10.2 Å². The first-order chi connectivity index (χ1) is 15.9. The lowest BCUT2D eigenvalue weighted by molar-refractivity contribution is -0.114. The van der Waals surface area contributed by atoms with Gasteiger partial charge in [0.2, 0.25) is 11.0 Å². The van der Waals surface area contributed by atoms with Crippen molar-refractivity contribution in [2.45, 2.75) is 53.4 Å². The van der Waals surface area contributed by atoms with Crippen molar-refractivity contribution in [2.24, 2.45) is 16.1 Å². The number of azo groups is 1. The van der Waals surface area contributed by atoms with E-state index < -0.39 is 0 Å². The Kier molecular flexibility index (Phi) is 9.21. The van der Waals surface area contributed by atoms with Crippen LogP contribution >= 0.6 is 22.9 Å². The minimum absolute atomic E-state index is 0.143. The summed E-state index contributed by atoms with van der Waals surface area (Å²) in [6.07, 6.45) is 4.87. The van der Waals surface area contributed by atoms with E-state index in [1.807, 2.05) is 36.4 Å². The highest BCUT2D eigenvalue weighted by atomic mass is 35.5. The monoisotopic (exact) mass is 485 g/mol. The molecule has 0 aliphatic carbocycles. The number of aromatic nitrogens is 1. The van der Waals surface area contributed by atoms with Crippen LogP contribution in [-0.4, -0.2) is 24.0 Å². The van der Waals surface area contributed by atoms with Crippen molar-refractivity contribution >= 4 is 61.3 Å². The summed E-state index contributed by atoms with van der Waals surface area (Å²) in [5.74, 6) is 0.511. The van der Waals surface area contributed by atoms with Gasteiger partial charge in [-0.05, 0) is 55.7 Å².